The van der Waals surface area contributed by atoms with Crippen molar-refractivity contribution in [3.63, 3.8) is 0 Å². The predicted octanol–water partition coefficient (Wildman–Crippen LogP) is 6.93. The van der Waals surface area contributed by atoms with Gasteiger partial charge in [0.1, 0.15) is 0 Å². The molecular formula is C17H35IOSi. The summed E-state index contributed by atoms with van der Waals surface area (Å²) >= 11 is 2.32. The van der Waals surface area contributed by atoms with Gasteiger partial charge in [0, 0.05) is 0 Å². The number of hydrogen-bond donors (Lipinski definition) is 0. The number of halogens is 1. The second kappa shape index (κ2) is 8.94. The average molecular weight is 410 g/mol. The van der Waals surface area contributed by atoms with Crippen LogP contribution in [-0.2, 0) is 4.43 Å². The maximum atomic E-state index is 6.98. The molecule has 0 amide bonds. The highest BCUT2D eigenvalue weighted by molar-refractivity contribution is 14.1. The Morgan fingerprint density at radius 2 is 1.50 bits per heavy atom. The summed E-state index contributed by atoms with van der Waals surface area (Å²) in [5.41, 5.74) is 0.175. The SMILES string of the molecule is CCCC(C)(C)C(C)(C/C=C/I)O[Si](CC)(CC)CC. The molecule has 1 unspecified atom stereocenters. The zero-order valence-corrected chi connectivity index (χ0v) is 17.8. The quantitative estimate of drug-likeness (QED) is 0.280. The summed E-state index contributed by atoms with van der Waals surface area (Å²) in [6.45, 7) is 16.4. The topological polar surface area (TPSA) is 9.23 Å². The third-order valence-electron chi connectivity index (χ3n) is 5.28. The first-order chi connectivity index (χ1) is 9.26. The van der Waals surface area contributed by atoms with Crippen molar-refractivity contribution in [2.45, 2.75) is 91.5 Å². The zero-order valence-electron chi connectivity index (χ0n) is 14.7. The highest BCUT2D eigenvalue weighted by Crippen LogP contribution is 2.44. The number of hydrogen-bond acceptors (Lipinski definition) is 1. The molecule has 0 saturated heterocycles. The minimum absolute atomic E-state index is 0.0427. The highest BCUT2D eigenvalue weighted by Gasteiger charge is 2.45. The molecule has 0 saturated carbocycles. The minimum atomic E-state index is -1.58. The van der Waals surface area contributed by atoms with Gasteiger partial charge in [-0.25, -0.2) is 0 Å². The van der Waals surface area contributed by atoms with Crippen molar-refractivity contribution in [2.75, 3.05) is 0 Å². The Hall–Kier alpha value is 0.647. The third kappa shape index (κ3) is 5.13. The van der Waals surface area contributed by atoms with Gasteiger partial charge in [0.05, 0.1) is 5.60 Å². The lowest BCUT2D eigenvalue weighted by molar-refractivity contribution is -0.0396. The highest BCUT2D eigenvalue weighted by atomic mass is 127. The molecule has 1 nitrogen and oxygen atoms in total. The van der Waals surface area contributed by atoms with Crippen LogP contribution in [0, 0.1) is 5.41 Å². The first-order valence-electron chi connectivity index (χ1n) is 8.21. The molecule has 0 fully saturated rings. The van der Waals surface area contributed by atoms with Gasteiger partial charge in [-0.05, 0) is 47.4 Å². The zero-order chi connectivity index (χ0) is 15.9. The van der Waals surface area contributed by atoms with E-state index in [0.29, 0.717) is 0 Å². The van der Waals surface area contributed by atoms with Crippen LogP contribution in [0.1, 0.15) is 67.7 Å². The van der Waals surface area contributed by atoms with Gasteiger partial charge in [-0.15, -0.1) is 0 Å². The van der Waals surface area contributed by atoms with Crippen molar-refractivity contribution in [3.8, 4) is 0 Å². The van der Waals surface area contributed by atoms with Crippen LogP contribution >= 0.6 is 22.6 Å². The van der Waals surface area contributed by atoms with Gasteiger partial charge in [-0.3, -0.25) is 0 Å². The Kier molecular flexibility index (Phi) is 9.23. The lowest BCUT2D eigenvalue weighted by Crippen LogP contribution is -2.53. The largest absolute Gasteiger partial charge is 0.411 e. The van der Waals surface area contributed by atoms with Crippen LogP contribution in [0.2, 0.25) is 18.1 Å². The fraction of sp³-hybridized carbons (Fsp3) is 0.882. The van der Waals surface area contributed by atoms with E-state index in [9.17, 15) is 0 Å². The van der Waals surface area contributed by atoms with Crippen molar-refractivity contribution < 1.29 is 4.43 Å². The molecule has 1 atom stereocenters. The van der Waals surface area contributed by atoms with E-state index >= 15 is 0 Å². The lowest BCUT2D eigenvalue weighted by atomic mass is 9.71. The fourth-order valence-electron chi connectivity index (χ4n) is 3.06. The van der Waals surface area contributed by atoms with Crippen LogP contribution in [0.15, 0.2) is 10.2 Å². The summed E-state index contributed by atoms with van der Waals surface area (Å²) in [6, 6.07) is 3.68. The molecule has 0 bridgehead atoms. The Morgan fingerprint density at radius 1 is 1.00 bits per heavy atom. The minimum Gasteiger partial charge on any atom is -0.411 e. The van der Waals surface area contributed by atoms with Gasteiger partial charge >= 0.3 is 0 Å². The summed E-state index contributed by atoms with van der Waals surface area (Å²) in [5.74, 6) is 0. The van der Waals surface area contributed by atoms with Crippen molar-refractivity contribution in [3.05, 3.63) is 10.2 Å². The van der Waals surface area contributed by atoms with E-state index < -0.39 is 8.32 Å². The van der Waals surface area contributed by atoms with E-state index in [4.69, 9.17) is 4.43 Å². The number of rotatable bonds is 10. The van der Waals surface area contributed by atoms with Crippen molar-refractivity contribution in [2.24, 2.45) is 5.41 Å². The first-order valence-corrected chi connectivity index (χ1v) is 12.0. The monoisotopic (exact) mass is 410 g/mol. The van der Waals surface area contributed by atoms with Crippen molar-refractivity contribution in [1.29, 1.82) is 0 Å². The molecule has 0 rings (SSSR count). The Bertz CT molecular complexity index is 289. The normalized spacial score (nSPS) is 16.6. The van der Waals surface area contributed by atoms with E-state index in [-0.39, 0.29) is 11.0 Å². The molecule has 0 aliphatic carbocycles. The molecule has 0 aliphatic heterocycles. The molecule has 0 aliphatic rings. The van der Waals surface area contributed by atoms with E-state index in [1.165, 1.54) is 31.0 Å². The summed E-state index contributed by atoms with van der Waals surface area (Å²) in [7, 11) is -1.58. The third-order valence-corrected chi connectivity index (χ3v) is 10.5. The maximum Gasteiger partial charge on any atom is 0.192 e. The van der Waals surface area contributed by atoms with Crippen LogP contribution in [0.25, 0.3) is 0 Å². The van der Waals surface area contributed by atoms with E-state index in [1.807, 2.05) is 0 Å². The van der Waals surface area contributed by atoms with Gasteiger partial charge in [-0.1, -0.05) is 76.6 Å². The van der Waals surface area contributed by atoms with E-state index in [1.54, 1.807) is 0 Å². The standard InChI is InChI=1S/C17H35IOSi/c1-8-13-16(5,6)17(7,14-12-15-18)19-20(9-2,10-3)11-4/h12,15H,8-11,13-14H2,1-7H3/b15-12+. The van der Waals surface area contributed by atoms with Crippen LogP contribution in [0.5, 0.6) is 0 Å². The molecule has 0 heterocycles. The summed E-state index contributed by atoms with van der Waals surface area (Å²) in [4.78, 5) is 0. The molecule has 120 valence electrons. The van der Waals surface area contributed by atoms with E-state index in [2.05, 4.69) is 81.2 Å². The van der Waals surface area contributed by atoms with Gasteiger partial charge in [0.2, 0.25) is 0 Å². The summed E-state index contributed by atoms with van der Waals surface area (Å²) in [5, 5.41) is 0. The fourth-order valence-corrected chi connectivity index (χ4v) is 6.56. The molecule has 3 heteroatoms. The van der Waals surface area contributed by atoms with Gasteiger partial charge in [0.15, 0.2) is 8.32 Å². The molecule has 0 N–H and O–H groups in total. The molecule has 0 aromatic carbocycles. The van der Waals surface area contributed by atoms with Gasteiger partial charge in [-0.2, -0.15) is 0 Å². The predicted molar refractivity (Wildman–Crippen MR) is 103 cm³/mol. The summed E-state index contributed by atoms with van der Waals surface area (Å²) in [6.07, 6.45) is 5.74. The molecule has 0 spiro atoms. The van der Waals surface area contributed by atoms with Crippen LogP contribution in [0.4, 0.5) is 0 Å². The maximum absolute atomic E-state index is 6.98. The smallest absolute Gasteiger partial charge is 0.192 e. The van der Waals surface area contributed by atoms with Crippen LogP contribution in [-0.4, -0.2) is 13.9 Å². The summed E-state index contributed by atoms with van der Waals surface area (Å²) < 4.78 is 9.11. The van der Waals surface area contributed by atoms with Gasteiger partial charge in [0.25, 0.3) is 0 Å². The average Bonchev–Trinajstić information content (AvgIpc) is 2.42. The van der Waals surface area contributed by atoms with E-state index in [0.717, 1.165) is 6.42 Å². The second-order valence-corrected chi connectivity index (χ2v) is 12.2. The molecule has 0 aromatic heterocycles. The molecule has 20 heavy (non-hydrogen) atoms. The Labute approximate surface area is 142 Å². The van der Waals surface area contributed by atoms with Crippen molar-refractivity contribution in [1.82, 2.24) is 0 Å². The lowest BCUT2D eigenvalue weighted by Gasteiger charge is -2.49. The molecule has 0 radical (unpaired) electrons. The second-order valence-electron chi connectivity index (χ2n) is 6.78. The van der Waals surface area contributed by atoms with Crippen molar-refractivity contribution >= 4 is 30.9 Å². The van der Waals surface area contributed by atoms with Crippen LogP contribution in [0.3, 0.4) is 0 Å². The molecular weight excluding hydrogens is 375 g/mol. The van der Waals surface area contributed by atoms with Gasteiger partial charge < -0.3 is 4.43 Å². The Morgan fingerprint density at radius 3 is 1.85 bits per heavy atom. The first kappa shape index (κ1) is 20.6. The van der Waals surface area contributed by atoms with Crippen LogP contribution < -0.4 is 0 Å². The molecule has 0 aromatic rings. The Balaban J connectivity index is 5.42.